The fraction of sp³-hybridized carbons (Fsp3) is 0.917. The van der Waals surface area contributed by atoms with E-state index in [0.717, 1.165) is 12.8 Å². The fourth-order valence-electron chi connectivity index (χ4n) is 2.31. The molecule has 0 aliphatic carbocycles. The maximum Gasteiger partial charge on any atom is 0.426 e. The van der Waals surface area contributed by atoms with Crippen molar-refractivity contribution in [1.82, 2.24) is 4.31 Å². The number of hydrogen-bond acceptors (Lipinski definition) is 6. The third-order valence-corrected chi connectivity index (χ3v) is 4.48. The van der Waals surface area contributed by atoms with E-state index in [4.69, 9.17) is 13.7 Å². The van der Waals surface area contributed by atoms with E-state index in [2.05, 4.69) is 0 Å². The van der Waals surface area contributed by atoms with Crippen LogP contribution in [-0.2, 0) is 24.0 Å². The topological polar surface area (TPSA) is 82.1 Å². The van der Waals surface area contributed by atoms with Crippen molar-refractivity contribution in [2.45, 2.75) is 57.8 Å². The molecule has 2 aliphatic heterocycles. The number of hydrogen-bond donors (Lipinski definition) is 0. The molecule has 2 atom stereocenters. The Morgan fingerprint density at radius 2 is 2.00 bits per heavy atom. The summed E-state index contributed by atoms with van der Waals surface area (Å²) < 4.78 is 40.0. The van der Waals surface area contributed by atoms with Crippen molar-refractivity contribution in [3.05, 3.63) is 0 Å². The zero-order valence-corrected chi connectivity index (χ0v) is 12.8. The summed E-state index contributed by atoms with van der Waals surface area (Å²) in [7, 11) is -4.08. The van der Waals surface area contributed by atoms with Gasteiger partial charge in [0.2, 0.25) is 0 Å². The number of ether oxygens (including phenoxy) is 2. The molecule has 0 saturated carbocycles. The lowest BCUT2D eigenvalue weighted by molar-refractivity contribution is -0.0302. The van der Waals surface area contributed by atoms with Gasteiger partial charge in [0, 0.05) is 6.61 Å². The first kappa shape index (κ1) is 15.5. The first-order valence-electron chi connectivity index (χ1n) is 6.74. The molecule has 20 heavy (non-hydrogen) atoms. The standard InChI is InChI=1S/C12H21NO6S/c1-12(2,3)19-11(14)13-9(8-18-20(13,15)16)10-6-4-5-7-17-10/h9-10H,4-8H2,1-3H3/t9-,10?/m0/s1. The summed E-state index contributed by atoms with van der Waals surface area (Å²) in [6.07, 6.45) is 1.37. The molecule has 1 unspecified atom stereocenters. The van der Waals surface area contributed by atoms with Gasteiger partial charge in [-0.15, -0.1) is 0 Å². The molecular formula is C12H21NO6S. The molecule has 0 radical (unpaired) electrons. The summed E-state index contributed by atoms with van der Waals surface area (Å²) in [5.74, 6) is 0. The van der Waals surface area contributed by atoms with Crippen molar-refractivity contribution in [2.75, 3.05) is 13.2 Å². The Bertz CT molecular complexity index is 463. The lowest BCUT2D eigenvalue weighted by atomic mass is 10.0. The fourth-order valence-corrected chi connectivity index (χ4v) is 3.48. The van der Waals surface area contributed by atoms with Crippen LogP contribution in [0.4, 0.5) is 4.79 Å². The average Bonchev–Trinajstić information content (AvgIpc) is 2.64. The van der Waals surface area contributed by atoms with Gasteiger partial charge in [-0.2, -0.15) is 12.7 Å². The Morgan fingerprint density at radius 1 is 1.30 bits per heavy atom. The van der Waals surface area contributed by atoms with Gasteiger partial charge in [-0.05, 0) is 40.0 Å². The maximum atomic E-state index is 12.1. The zero-order valence-electron chi connectivity index (χ0n) is 12.0. The van der Waals surface area contributed by atoms with Gasteiger partial charge in [-0.3, -0.25) is 4.18 Å². The average molecular weight is 307 g/mol. The number of nitrogens with zero attached hydrogens (tertiary/aromatic N) is 1. The van der Waals surface area contributed by atoms with Crippen LogP contribution in [0.2, 0.25) is 0 Å². The molecule has 0 aromatic carbocycles. The summed E-state index contributed by atoms with van der Waals surface area (Å²) >= 11 is 0. The number of rotatable bonds is 1. The van der Waals surface area contributed by atoms with Gasteiger partial charge in [-0.25, -0.2) is 4.79 Å². The van der Waals surface area contributed by atoms with E-state index in [1.165, 1.54) is 0 Å². The highest BCUT2D eigenvalue weighted by atomic mass is 32.2. The quantitative estimate of drug-likeness (QED) is 0.729. The molecule has 2 heterocycles. The van der Waals surface area contributed by atoms with Crippen molar-refractivity contribution >= 4 is 16.4 Å². The minimum absolute atomic E-state index is 0.0771. The minimum atomic E-state index is -4.08. The van der Waals surface area contributed by atoms with E-state index >= 15 is 0 Å². The predicted octanol–water partition coefficient (Wildman–Crippen LogP) is 1.44. The van der Waals surface area contributed by atoms with E-state index in [1.54, 1.807) is 20.8 Å². The molecule has 2 saturated heterocycles. The van der Waals surface area contributed by atoms with Crippen LogP contribution in [0, 0.1) is 0 Å². The summed E-state index contributed by atoms with van der Waals surface area (Å²) in [6.45, 7) is 5.54. The molecule has 116 valence electrons. The summed E-state index contributed by atoms with van der Waals surface area (Å²) in [6, 6.07) is -0.643. The molecule has 0 aromatic heterocycles. The second kappa shape index (κ2) is 5.50. The maximum absolute atomic E-state index is 12.1. The van der Waals surface area contributed by atoms with Crippen LogP contribution in [0.15, 0.2) is 0 Å². The number of carbonyl (C=O) groups is 1. The van der Waals surface area contributed by atoms with Gasteiger partial charge in [-0.1, -0.05) is 0 Å². The lowest BCUT2D eigenvalue weighted by Gasteiger charge is -2.32. The van der Waals surface area contributed by atoms with Crippen LogP contribution in [0.5, 0.6) is 0 Å². The molecule has 2 aliphatic rings. The summed E-state index contributed by atoms with van der Waals surface area (Å²) in [4.78, 5) is 12.1. The summed E-state index contributed by atoms with van der Waals surface area (Å²) in [5, 5.41) is 0. The minimum Gasteiger partial charge on any atom is -0.443 e. The van der Waals surface area contributed by atoms with Gasteiger partial charge < -0.3 is 9.47 Å². The first-order valence-corrected chi connectivity index (χ1v) is 8.10. The molecule has 2 fully saturated rings. The Kier molecular flexibility index (Phi) is 4.27. The Balaban J connectivity index is 2.17. The van der Waals surface area contributed by atoms with Gasteiger partial charge in [0.25, 0.3) is 0 Å². The molecule has 0 spiro atoms. The Morgan fingerprint density at radius 3 is 2.55 bits per heavy atom. The molecular weight excluding hydrogens is 286 g/mol. The molecule has 0 bridgehead atoms. The van der Waals surface area contributed by atoms with E-state index in [9.17, 15) is 13.2 Å². The first-order chi connectivity index (χ1) is 9.21. The largest absolute Gasteiger partial charge is 0.443 e. The predicted molar refractivity (Wildman–Crippen MR) is 70.3 cm³/mol. The van der Waals surface area contributed by atoms with Crippen LogP contribution in [0.1, 0.15) is 40.0 Å². The highest BCUT2D eigenvalue weighted by Gasteiger charge is 2.48. The monoisotopic (exact) mass is 307 g/mol. The van der Waals surface area contributed by atoms with Crippen LogP contribution in [0.25, 0.3) is 0 Å². The van der Waals surface area contributed by atoms with Crippen molar-refractivity contribution in [3.8, 4) is 0 Å². The van der Waals surface area contributed by atoms with Crippen molar-refractivity contribution in [3.63, 3.8) is 0 Å². The third kappa shape index (κ3) is 3.42. The van der Waals surface area contributed by atoms with E-state index in [-0.39, 0.29) is 12.7 Å². The van der Waals surface area contributed by atoms with Crippen molar-refractivity contribution < 1.29 is 26.9 Å². The lowest BCUT2D eigenvalue weighted by Crippen LogP contribution is -2.49. The normalized spacial score (nSPS) is 30.2. The van der Waals surface area contributed by atoms with E-state index in [0.29, 0.717) is 17.3 Å². The molecule has 2 rings (SSSR count). The number of carbonyl (C=O) groups excluding carboxylic acids is 1. The highest BCUT2D eigenvalue weighted by Crippen LogP contribution is 2.29. The highest BCUT2D eigenvalue weighted by molar-refractivity contribution is 7.85. The summed E-state index contributed by atoms with van der Waals surface area (Å²) in [5.41, 5.74) is -0.771. The van der Waals surface area contributed by atoms with Gasteiger partial charge in [0.05, 0.1) is 12.7 Å². The van der Waals surface area contributed by atoms with Crippen LogP contribution >= 0.6 is 0 Å². The molecule has 1 amide bonds. The Labute approximate surface area is 119 Å². The molecule has 0 N–H and O–H groups in total. The van der Waals surface area contributed by atoms with Gasteiger partial charge in [0.15, 0.2) is 0 Å². The second-order valence-electron chi connectivity index (χ2n) is 5.99. The smallest absolute Gasteiger partial charge is 0.426 e. The Hall–Kier alpha value is -0.860. The van der Waals surface area contributed by atoms with E-state index in [1.807, 2.05) is 0 Å². The molecule has 7 nitrogen and oxygen atoms in total. The van der Waals surface area contributed by atoms with Crippen molar-refractivity contribution in [1.29, 1.82) is 0 Å². The zero-order chi connectivity index (χ0) is 15.0. The van der Waals surface area contributed by atoms with Crippen LogP contribution in [-0.4, -0.2) is 49.8 Å². The van der Waals surface area contributed by atoms with Gasteiger partial charge in [0.1, 0.15) is 11.6 Å². The molecule has 8 heteroatoms. The second-order valence-corrected chi connectivity index (χ2v) is 7.48. The number of amides is 1. The van der Waals surface area contributed by atoms with Crippen molar-refractivity contribution in [2.24, 2.45) is 0 Å². The van der Waals surface area contributed by atoms with Gasteiger partial charge >= 0.3 is 16.4 Å². The van der Waals surface area contributed by atoms with E-state index < -0.39 is 28.0 Å². The molecule has 0 aromatic rings. The van der Waals surface area contributed by atoms with Crippen LogP contribution < -0.4 is 0 Å². The third-order valence-electron chi connectivity index (χ3n) is 3.15. The van der Waals surface area contributed by atoms with Crippen LogP contribution in [0.3, 0.4) is 0 Å². The SMILES string of the molecule is CC(C)(C)OC(=O)N1[C@H](C2CCCCO2)COS1(=O)=O.